The quantitative estimate of drug-likeness (QED) is 0.491. The number of nitrogens with one attached hydrogen (secondary N) is 1. The molecule has 1 aliphatic heterocycles. The van der Waals surface area contributed by atoms with Gasteiger partial charge in [0.2, 0.25) is 5.91 Å². The summed E-state index contributed by atoms with van der Waals surface area (Å²) in [6.45, 7) is 2.02. The molecule has 0 aliphatic carbocycles. The highest BCUT2D eigenvalue weighted by Crippen LogP contribution is 2.36. The van der Waals surface area contributed by atoms with Gasteiger partial charge in [-0.1, -0.05) is 42.0 Å². The summed E-state index contributed by atoms with van der Waals surface area (Å²) < 4.78 is 6.17. The molecule has 4 aromatic rings. The van der Waals surface area contributed by atoms with Crippen LogP contribution in [0.4, 0.5) is 5.82 Å². The molecule has 6 nitrogen and oxygen atoms in total. The van der Waals surface area contributed by atoms with Gasteiger partial charge in [-0.15, -0.1) is 0 Å². The van der Waals surface area contributed by atoms with Gasteiger partial charge in [0.15, 0.2) is 5.75 Å². The average Bonchev–Trinajstić information content (AvgIpc) is 3.16. The topological polar surface area (TPSA) is 81.2 Å². The zero-order chi connectivity index (χ0) is 22.1. The monoisotopic (exact) mass is 423 g/mol. The Labute approximate surface area is 185 Å². The van der Waals surface area contributed by atoms with Crippen molar-refractivity contribution in [3.63, 3.8) is 0 Å². The maximum Gasteiger partial charge on any atom is 0.230 e. The molecule has 0 unspecified atom stereocenters. The van der Waals surface area contributed by atoms with Gasteiger partial charge >= 0.3 is 0 Å². The van der Waals surface area contributed by atoms with Crippen molar-refractivity contribution >= 4 is 28.4 Å². The lowest BCUT2D eigenvalue weighted by molar-refractivity contribution is -0.118. The first-order valence-corrected chi connectivity index (χ1v) is 10.5. The Morgan fingerprint density at radius 3 is 2.78 bits per heavy atom. The molecule has 1 amide bonds. The number of aromatic nitrogens is 2. The Balaban J connectivity index is 1.43. The van der Waals surface area contributed by atoms with E-state index in [9.17, 15) is 9.59 Å². The fraction of sp³-hybridized carbons (Fsp3) is 0.154. The normalized spacial score (nSPS) is 12.5. The van der Waals surface area contributed by atoms with Crippen molar-refractivity contribution in [2.45, 2.75) is 26.2 Å². The molecule has 0 saturated carbocycles. The fourth-order valence-electron chi connectivity index (χ4n) is 4.07. The van der Waals surface area contributed by atoms with E-state index in [0.29, 0.717) is 35.7 Å². The largest absolute Gasteiger partial charge is 0.455 e. The first kappa shape index (κ1) is 19.9. The van der Waals surface area contributed by atoms with E-state index < -0.39 is 0 Å². The summed E-state index contributed by atoms with van der Waals surface area (Å²) in [5, 5.41) is 3.61. The standard InChI is InChI=1S/C26H21N3O3/c1-16-4-2-5-17(12-16)13-19(30)14-18-7-8-23(25-20(18)6-3-10-27-25)32-22-9-11-28-26-21(22)15-24(31)29-26/h2-12H,13-15H2,1H3,(H,28,29,31). The van der Waals surface area contributed by atoms with E-state index in [0.717, 1.165) is 27.6 Å². The molecule has 0 spiro atoms. The number of amides is 1. The molecule has 5 rings (SSSR count). The van der Waals surface area contributed by atoms with Crippen LogP contribution in [-0.4, -0.2) is 21.7 Å². The van der Waals surface area contributed by atoms with Crippen LogP contribution in [0.3, 0.4) is 0 Å². The number of nitrogens with zero attached hydrogens (tertiary/aromatic N) is 2. The van der Waals surface area contributed by atoms with Gasteiger partial charge in [0, 0.05) is 36.2 Å². The molecule has 1 aliphatic rings. The smallest absolute Gasteiger partial charge is 0.230 e. The predicted octanol–water partition coefficient (Wildman–Crippen LogP) is 4.58. The second-order valence-electron chi connectivity index (χ2n) is 7.97. The molecule has 0 radical (unpaired) electrons. The number of carbonyl (C=O) groups excluding carboxylic acids is 2. The minimum absolute atomic E-state index is 0.103. The minimum Gasteiger partial charge on any atom is -0.455 e. The maximum atomic E-state index is 12.8. The molecule has 0 bridgehead atoms. The summed E-state index contributed by atoms with van der Waals surface area (Å²) in [6.07, 6.45) is 4.25. The van der Waals surface area contributed by atoms with Gasteiger partial charge in [-0.25, -0.2) is 4.98 Å². The molecule has 158 valence electrons. The van der Waals surface area contributed by atoms with Gasteiger partial charge < -0.3 is 10.1 Å². The van der Waals surface area contributed by atoms with Crippen LogP contribution in [0.25, 0.3) is 10.9 Å². The lowest BCUT2D eigenvalue weighted by atomic mass is 9.98. The van der Waals surface area contributed by atoms with Crippen LogP contribution in [0.15, 0.2) is 67.0 Å². The summed E-state index contributed by atoms with van der Waals surface area (Å²) in [6, 6.07) is 17.3. The highest BCUT2D eigenvalue weighted by Gasteiger charge is 2.23. The number of pyridine rings is 2. The van der Waals surface area contributed by atoms with E-state index >= 15 is 0 Å². The number of ether oxygens (including phenoxy) is 1. The molecule has 0 fully saturated rings. The number of anilines is 1. The fourth-order valence-corrected chi connectivity index (χ4v) is 4.07. The first-order valence-electron chi connectivity index (χ1n) is 10.5. The average molecular weight is 423 g/mol. The number of hydrogen-bond donors (Lipinski definition) is 1. The van der Waals surface area contributed by atoms with Crippen molar-refractivity contribution in [1.29, 1.82) is 0 Å². The van der Waals surface area contributed by atoms with Crippen LogP contribution in [-0.2, 0) is 28.9 Å². The van der Waals surface area contributed by atoms with Gasteiger partial charge in [-0.05, 0) is 36.2 Å². The first-order chi connectivity index (χ1) is 15.6. The Hall–Kier alpha value is -4.06. The molecule has 1 N–H and O–H groups in total. The van der Waals surface area contributed by atoms with Crippen LogP contribution in [0.1, 0.15) is 22.3 Å². The third kappa shape index (κ3) is 3.95. The summed E-state index contributed by atoms with van der Waals surface area (Å²) in [5.41, 5.74) is 4.49. The second kappa shape index (κ2) is 8.23. The molecule has 2 aromatic carbocycles. The molecule has 6 heteroatoms. The molecule has 32 heavy (non-hydrogen) atoms. The lowest BCUT2D eigenvalue weighted by Gasteiger charge is -2.13. The number of aryl methyl sites for hydroxylation is 1. The number of benzene rings is 2. The van der Waals surface area contributed by atoms with E-state index in [-0.39, 0.29) is 18.1 Å². The zero-order valence-electron chi connectivity index (χ0n) is 17.6. The third-order valence-corrected chi connectivity index (χ3v) is 5.52. The third-order valence-electron chi connectivity index (χ3n) is 5.52. The van der Waals surface area contributed by atoms with Crippen molar-refractivity contribution < 1.29 is 14.3 Å². The second-order valence-corrected chi connectivity index (χ2v) is 7.97. The summed E-state index contributed by atoms with van der Waals surface area (Å²) in [7, 11) is 0. The van der Waals surface area contributed by atoms with Crippen molar-refractivity contribution in [2.24, 2.45) is 0 Å². The molecule has 0 saturated heterocycles. The van der Waals surface area contributed by atoms with Gasteiger partial charge in [0.05, 0.1) is 6.42 Å². The number of hydrogen-bond acceptors (Lipinski definition) is 5. The SMILES string of the molecule is Cc1cccc(CC(=O)Cc2ccc(Oc3ccnc4c3CC(=O)N4)c3ncccc23)c1. The van der Waals surface area contributed by atoms with Gasteiger partial charge in [-0.3, -0.25) is 14.6 Å². The van der Waals surface area contributed by atoms with Gasteiger partial charge in [0.1, 0.15) is 22.9 Å². The van der Waals surface area contributed by atoms with Crippen molar-refractivity contribution in [2.75, 3.05) is 5.32 Å². The van der Waals surface area contributed by atoms with E-state index in [2.05, 4.69) is 15.3 Å². The van der Waals surface area contributed by atoms with Crippen molar-refractivity contribution in [3.8, 4) is 11.5 Å². The number of rotatable bonds is 6. The van der Waals surface area contributed by atoms with E-state index in [1.54, 1.807) is 18.5 Å². The van der Waals surface area contributed by atoms with Crippen molar-refractivity contribution in [3.05, 3.63) is 89.2 Å². The summed E-state index contributed by atoms with van der Waals surface area (Å²) in [4.78, 5) is 33.2. The predicted molar refractivity (Wildman–Crippen MR) is 122 cm³/mol. The zero-order valence-corrected chi connectivity index (χ0v) is 17.6. The molecule has 3 heterocycles. The van der Waals surface area contributed by atoms with E-state index in [1.165, 1.54) is 0 Å². The van der Waals surface area contributed by atoms with Crippen LogP contribution < -0.4 is 10.1 Å². The van der Waals surface area contributed by atoms with Crippen LogP contribution in [0, 0.1) is 6.92 Å². The maximum absolute atomic E-state index is 12.8. The summed E-state index contributed by atoms with van der Waals surface area (Å²) in [5.74, 6) is 1.72. The molecular formula is C26H21N3O3. The Morgan fingerprint density at radius 2 is 1.91 bits per heavy atom. The number of ketones is 1. The Kier molecular flexibility index (Phi) is 5.11. The molecule has 0 atom stereocenters. The van der Waals surface area contributed by atoms with Crippen molar-refractivity contribution in [1.82, 2.24) is 9.97 Å². The van der Waals surface area contributed by atoms with Crippen LogP contribution >= 0.6 is 0 Å². The molecule has 2 aromatic heterocycles. The minimum atomic E-state index is -0.103. The van der Waals surface area contributed by atoms with Gasteiger partial charge in [0.25, 0.3) is 0 Å². The lowest BCUT2D eigenvalue weighted by Crippen LogP contribution is -2.07. The number of fused-ring (bicyclic) bond motifs is 2. The highest BCUT2D eigenvalue weighted by molar-refractivity contribution is 5.99. The molecular weight excluding hydrogens is 402 g/mol. The van der Waals surface area contributed by atoms with E-state index in [4.69, 9.17) is 4.74 Å². The highest BCUT2D eigenvalue weighted by atomic mass is 16.5. The number of Topliss-reactive ketones (excluding diaryl/α,β-unsaturated/α-hetero) is 1. The van der Waals surface area contributed by atoms with Crippen LogP contribution in [0.5, 0.6) is 11.5 Å². The Bertz CT molecular complexity index is 1360. The Morgan fingerprint density at radius 1 is 1.00 bits per heavy atom. The summed E-state index contributed by atoms with van der Waals surface area (Å²) >= 11 is 0. The number of carbonyl (C=O) groups is 2. The van der Waals surface area contributed by atoms with Crippen LogP contribution in [0.2, 0.25) is 0 Å². The van der Waals surface area contributed by atoms with Gasteiger partial charge in [-0.2, -0.15) is 0 Å². The van der Waals surface area contributed by atoms with E-state index in [1.807, 2.05) is 55.5 Å².